The average molecular weight is 429 g/mol. The maximum Gasteiger partial charge on any atom is 0.251 e. The van der Waals surface area contributed by atoms with Crippen molar-refractivity contribution in [3.05, 3.63) is 48.5 Å². The van der Waals surface area contributed by atoms with Gasteiger partial charge in [0.2, 0.25) is 0 Å². The number of benzene rings is 2. The fourth-order valence-electron chi connectivity index (χ4n) is 3.61. The summed E-state index contributed by atoms with van der Waals surface area (Å²) in [5, 5.41) is 21.0. The molecule has 30 heavy (non-hydrogen) atoms. The molecule has 0 aliphatic carbocycles. The number of aromatic hydroxyl groups is 1. The van der Waals surface area contributed by atoms with Gasteiger partial charge in [-0.25, -0.2) is 9.97 Å². The Balaban J connectivity index is 0.00000256. The molecule has 2 aromatic carbocycles. The van der Waals surface area contributed by atoms with Crippen LogP contribution in [0, 0.1) is 0 Å². The first kappa shape index (κ1) is 21.8. The molecular weight excluding hydrogens is 404 g/mol. The smallest absolute Gasteiger partial charge is 0.251 e. The van der Waals surface area contributed by atoms with Crippen molar-refractivity contribution in [2.24, 2.45) is 0 Å². The molecule has 7 nitrogen and oxygen atoms in total. The van der Waals surface area contributed by atoms with Crippen LogP contribution in [0.5, 0.6) is 5.75 Å². The molecule has 0 bridgehead atoms. The lowest BCUT2D eigenvalue weighted by molar-refractivity contribution is -0.140. The molecule has 158 valence electrons. The van der Waals surface area contributed by atoms with E-state index in [1.54, 1.807) is 30.0 Å². The van der Waals surface area contributed by atoms with Crippen molar-refractivity contribution >= 4 is 35.0 Å². The van der Waals surface area contributed by atoms with Crippen LogP contribution in [-0.2, 0) is 4.79 Å². The van der Waals surface area contributed by atoms with Crippen LogP contribution in [-0.4, -0.2) is 63.3 Å². The van der Waals surface area contributed by atoms with Crippen LogP contribution in [0.15, 0.2) is 48.5 Å². The summed E-state index contributed by atoms with van der Waals surface area (Å²) in [7, 11) is 0. The lowest BCUT2D eigenvalue weighted by atomic mass is 10.1. The first-order chi connectivity index (χ1) is 14.1. The summed E-state index contributed by atoms with van der Waals surface area (Å²) in [5.41, 5.74) is 1.38. The highest BCUT2D eigenvalue weighted by atomic mass is 35.5. The van der Waals surface area contributed by atoms with Gasteiger partial charge >= 0.3 is 0 Å². The Hall–Kier alpha value is -2.90. The lowest BCUT2D eigenvalue weighted by Gasteiger charge is -2.36. The van der Waals surface area contributed by atoms with Crippen LogP contribution in [0.25, 0.3) is 22.3 Å². The highest BCUT2D eigenvalue weighted by Gasteiger charge is 2.27. The van der Waals surface area contributed by atoms with E-state index in [-0.39, 0.29) is 24.1 Å². The molecule has 0 saturated carbocycles. The van der Waals surface area contributed by atoms with Crippen LogP contribution < -0.4 is 4.90 Å². The predicted molar refractivity (Wildman–Crippen MR) is 119 cm³/mol. The van der Waals surface area contributed by atoms with Gasteiger partial charge in [0.15, 0.2) is 5.82 Å². The topological polar surface area (TPSA) is 89.8 Å². The minimum Gasteiger partial charge on any atom is -0.507 e. The van der Waals surface area contributed by atoms with Crippen molar-refractivity contribution in [1.29, 1.82) is 0 Å². The molecule has 1 aliphatic rings. The fourth-order valence-corrected chi connectivity index (χ4v) is 3.61. The van der Waals surface area contributed by atoms with Gasteiger partial charge in [0, 0.05) is 31.6 Å². The zero-order valence-corrected chi connectivity index (χ0v) is 17.5. The molecule has 1 amide bonds. The number of phenolic OH excluding ortho intramolecular Hbond substituents is 1. The van der Waals surface area contributed by atoms with Crippen molar-refractivity contribution in [1.82, 2.24) is 14.9 Å². The van der Waals surface area contributed by atoms with Crippen LogP contribution in [0.1, 0.15) is 13.3 Å². The second-order valence-corrected chi connectivity index (χ2v) is 7.14. The van der Waals surface area contributed by atoms with Gasteiger partial charge in [-0.15, -0.1) is 12.4 Å². The molecule has 1 unspecified atom stereocenters. The SMILES string of the molecule is CCC(O)C(=O)N1CCN(c2nc(-c3ccccc3O)nc3ccccc23)CC1.Cl. The molecule has 4 rings (SSSR count). The van der Waals surface area contributed by atoms with E-state index in [1.807, 2.05) is 30.3 Å². The molecule has 1 fully saturated rings. The largest absolute Gasteiger partial charge is 0.507 e. The summed E-state index contributed by atoms with van der Waals surface area (Å²) in [5.74, 6) is 1.18. The van der Waals surface area contributed by atoms with E-state index in [0.717, 1.165) is 16.7 Å². The van der Waals surface area contributed by atoms with Gasteiger partial charge in [0.05, 0.1) is 11.1 Å². The third kappa shape index (κ3) is 4.17. The van der Waals surface area contributed by atoms with Crippen LogP contribution in [0.4, 0.5) is 5.82 Å². The van der Waals surface area contributed by atoms with Gasteiger partial charge in [-0.1, -0.05) is 31.2 Å². The molecule has 1 atom stereocenters. The number of nitrogens with zero attached hydrogens (tertiary/aromatic N) is 4. The molecule has 0 spiro atoms. The molecular formula is C22H25ClN4O3. The Morgan fingerprint density at radius 1 is 1.03 bits per heavy atom. The van der Waals surface area contributed by atoms with Crippen molar-refractivity contribution in [2.75, 3.05) is 31.1 Å². The highest BCUT2D eigenvalue weighted by Crippen LogP contribution is 2.31. The third-order valence-corrected chi connectivity index (χ3v) is 5.29. The lowest BCUT2D eigenvalue weighted by Crippen LogP contribution is -2.51. The quantitative estimate of drug-likeness (QED) is 0.664. The molecule has 2 heterocycles. The Kier molecular flexibility index (Phi) is 6.74. The van der Waals surface area contributed by atoms with Gasteiger partial charge in [0.25, 0.3) is 5.91 Å². The fraction of sp³-hybridized carbons (Fsp3) is 0.318. The minimum absolute atomic E-state index is 0. The van der Waals surface area contributed by atoms with Crippen molar-refractivity contribution in [3.8, 4) is 17.1 Å². The van der Waals surface area contributed by atoms with E-state index in [0.29, 0.717) is 44.0 Å². The second-order valence-electron chi connectivity index (χ2n) is 7.14. The first-order valence-corrected chi connectivity index (χ1v) is 9.85. The normalized spacial score (nSPS) is 15.0. The minimum atomic E-state index is -0.936. The molecule has 1 saturated heterocycles. The Labute approximate surface area is 181 Å². The third-order valence-electron chi connectivity index (χ3n) is 5.29. The number of piperazine rings is 1. The molecule has 1 aliphatic heterocycles. The molecule has 8 heteroatoms. The number of hydrogen-bond donors (Lipinski definition) is 2. The number of fused-ring (bicyclic) bond motifs is 1. The molecule has 0 radical (unpaired) electrons. The molecule has 3 aromatic rings. The summed E-state index contributed by atoms with van der Waals surface area (Å²) >= 11 is 0. The molecule has 1 aromatic heterocycles. The van der Waals surface area contributed by atoms with Gasteiger partial charge < -0.3 is 20.0 Å². The summed E-state index contributed by atoms with van der Waals surface area (Å²) in [4.78, 5) is 25.5. The number of aromatic nitrogens is 2. The van der Waals surface area contributed by atoms with E-state index in [2.05, 4.69) is 9.88 Å². The number of hydrogen-bond acceptors (Lipinski definition) is 6. The van der Waals surface area contributed by atoms with Gasteiger partial charge in [-0.2, -0.15) is 0 Å². The van der Waals surface area contributed by atoms with Crippen molar-refractivity contribution in [3.63, 3.8) is 0 Å². The Morgan fingerprint density at radius 2 is 1.70 bits per heavy atom. The number of amides is 1. The Morgan fingerprint density at radius 3 is 2.40 bits per heavy atom. The van der Waals surface area contributed by atoms with Crippen LogP contribution in [0.2, 0.25) is 0 Å². The Bertz CT molecular complexity index is 1040. The summed E-state index contributed by atoms with van der Waals surface area (Å²) in [6, 6.07) is 14.8. The zero-order chi connectivity index (χ0) is 20.4. The first-order valence-electron chi connectivity index (χ1n) is 9.85. The standard InChI is InChI=1S/C22H24N4O3.ClH/c1-2-18(27)22(29)26-13-11-25(12-14-26)21-15-7-3-5-9-17(15)23-20(24-21)16-8-4-6-10-19(16)28;/h3-10,18,27-28H,2,11-14H2,1H3;1H. The maximum absolute atomic E-state index is 12.3. The summed E-state index contributed by atoms with van der Waals surface area (Å²) in [6.45, 7) is 4.08. The number of aliphatic hydroxyl groups is 1. The number of aliphatic hydroxyl groups excluding tert-OH is 1. The number of phenols is 1. The number of para-hydroxylation sites is 2. The van der Waals surface area contributed by atoms with E-state index >= 15 is 0 Å². The van der Waals surface area contributed by atoms with E-state index < -0.39 is 6.10 Å². The number of carbonyl (C=O) groups excluding carboxylic acids is 1. The number of anilines is 1. The maximum atomic E-state index is 12.3. The van der Waals surface area contributed by atoms with Crippen molar-refractivity contribution < 1.29 is 15.0 Å². The van der Waals surface area contributed by atoms with E-state index in [9.17, 15) is 15.0 Å². The predicted octanol–water partition coefficient (Wildman–Crippen LogP) is 2.84. The number of rotatable bonds is 4. The van der Waals surface area contributed by atoms with Gasteiger partial charge in [-0.05, 0) is 30.7 Å². The van der Waals surface area contributed by atoms with Crippen LogP contribution >= 0.6 is 12.4 Å². The highest BCUT2D eigenvalue weighted by molar-refractivity contribution is 5.91. The number of carbonyl (C=O) groups is 1. The van der Waals surface area contributed by atoms with Crippen LogP contribution in [0.3, 0.4) is 0 Å². The second kappa shape index (κ2) is 9.28. The van der Waals surface area contributed by atoms with Crippen molar-refractivity contribution in [2.45, 2.75) is 19.4 Å². The summed E-state index contributed by atoms with van der Waals surface area (Å²) < 4.78 is 0. The zero-order valence-electron chi connectivity index (χ0n) is 16.7. The van der Waals surface area contributed by atoms with Gasteiger partial charge in [-0.3, -0.25) is 4.79 Å². The van der Waals surface area contributed by atoms with E-state index in [1.165, 1.54) is 0 Å². The average Bonchev–Trinajstić information content (AvgIpc) is 2.77. The number of halogens is 1. The van der Waals surface area contributed by atoms with E-state index in [4.69, 9.17) is 4.98 Å². The molecule has 2 N–H and O–H groups in total. The summed E-state index contributed by atoms with van der Waals surface area (Å²) in [6.07, 6.45) is -0.520. The monoisotopic (exact) mass is 428 g/mol. The van der Waals surface area contributed by atoms with Gasteiger partial charge in [0.1, 0.15) is 17.7 Å².